The predicted molar refractivity (Wildman–Crippen MR) is 75.3 cm³/mol. The predicted octanol–water partition coefficient (Wildman–Crippen LogP) is 2.14. The highest BCUT2D eigenvalue weighted by Gasteiger charge is 2.27. The number of hydrogen-bond donors (Lipinski definition) is 1. The maximum absolute atomic E-state index is 12.3. The summed E-state index contributed by atoms with van der Waals surface area (Å²) in [5.74, 6) is 0.308. The summed E-state index contributed by atoms with van der Waals surface area (Å²) >= 11 is 0. The lowest BCUT2D eigenvalue weighted by molar-refractivity contribution is -0.123. The van der Waals surface area contributed by atoms with E-state index in [0.717, 1.165) is 11.3 Å². The molecule has 0 fully saturated rings. The van der Waals surface area contributed by atoms with Gasteiger partial charge in [-0.2, -0.15) is 0 Å². The van der Waals surface area contributed by atoms with E-state index in [4.69, 9.17) is 9.15 Å². The van der Waals surface area contributed by atoms with E-state index in [1.54, 1.807) is 12.1 Å². The van der Waals surface area contributed by atoms with Crippen molar-refractivity contribution in [1.29, 1.82) is 0 Å². The van der Waals surface area contributed by atoms with Crippen molar-refractivity contribution in [3.63, 3.8) is 0 Å². The third-order valence-corrected chi connectivity index (χ3v) is 3.49. The van der Waals surface area contributed by atoms with Crippen molar-refractivity contribution in [2.24, 2.45) is 0 Å². The number of carbonyl (C=O) groups excluding carboxylic acids is 2. The van der Waals surface area contributed by atoms with Crippen LogP contribution in [0.2, 0.25) is 0 Å². The molecule has 1 aromatic carbocycles. The molecule has 0 saturated heterocycles. The zero-order valence-corrected chi connectivity index (χ0v) is 11.4. The Labute approximate surface area is 121 Å². The highest BCUT2D eigenvalue weighted by atomic mass is 16.5. The highest BCUT2D eigenvalue weighted by molar-refractivity contribution is 5.97. The topological polar surface area (TPSA) is 68.5 Å². The van der Waals surface area contributed by atoms with Gasteiger partial charge in [0.15, 0.2) is 5.76 Å². The number of Topliss-reactive ketones (excluding diaryl/α,β-unsaturated/α-hetero) is 1. The molecule has 0 radical (unpaired) electrons. The lowest BCUT2D eigenvalue weighted by atomic mass is 9.92. The number of para-hydroxylation sites is 1. The van der Waals surface area contributed by atoms with Crippen LogP contribution in [0, 0.1) is 0 Å². The molecule has 1 unspecified atom stereocenters. The van der Waals surface area contributed by atoms with Crippen LogP contribution in [0.3, 0.4) is 0 Å². The Balaban J connectivity index is 1.65. The molecule has 1 aromatic heterocycles. The van der Waals surface area contributed by atoms with Crippen LogP contribution < -0.4 is 10.1 Å². The van der Waals surface area contributed by atoms with Gasteiger partial charge in [0.25, 0.3) is 0 Å². The standard InChI is InChI=1S/C16H15NO4/c18-13(15-6-3-8-20-15)10-17-16(19)12-7-9-21-14-5-2-1-4-11(12)14/h1-6,8,12H,7,9-10H2,(H,17,19). The number of rotatable bonds is 4. The molecule has 5 nitrogen and oxygen atoms in total. The Kier molecular flexibility index (Phi) is 3.73. The van der Waals surface area contributed by atoms with Crippen molar-refractivity contribution in [3.05, 3.63) is 54.0 Å². The lowest BCUT2D eigenvalue weighted by Crippen LogP contribution is -2.35. The Hall–Kier alpha value is -2.56. The van der Waals surface area contributed by atoms with Crippen LogP contribution in [0.4, 0.5) is 0 Å². The number of benzene rings is 1. The molecule has 2 heterocycles. The van der Waals surface area contributed by atoms with Crippen molar-refractivity contribution in [2.45, 2.75) is 12.3 Å². The molecule has 21 heavy (non-hydrogen) atoms. The van der Waals surface area contributed by atoms with Gasteiger partial charge in [0.2, 0.25) is 11.7 Å². The van der Waals surface area contributed by atoms with Crippen molar-refractivity contribution >= 4 is 11.7 Å². The van der Waals surface area contributed by atoms with Crippen LogP contribution in [0.1, 0.15) is 28.5 Å². The van der Waals surface area contributed by atoms with Crippen molar-refractivity contribution < 1.29 is 18.7 Å². The summed E-state index contributed by atoms with van der Waals surface area (Å²) in [7, 11) is 0. The number of amides is 1. The van der Waals surface area contributed by atoms with Gasteiger partial charge in [-0.25, -0.2) is 0 Å². The molecule has 2 aromatic rings. The van der Waals surface area contributed by atoms with E-state index in [9.17, 15) is 9.59 Å². The molecular weight excluding hydrogens is 270 g/mol. The number of ether oxygens (including phenoxy) is 1. The number of hydrogen-bond acceptors (Lipinski definition) is 4. The summed E-state index contributed by atoms with van der Waals surface area (Å²) in [6.07, 6.45) is 2.04. The molecule has 1 aliphatic heterocycles. The van der Waals surface area contributed by atoms with Gasteiger partial charge < -0.3 is 14.5 Å². The zero-order chi connectivity index (χ0) is 14.7. The monoisotopic (exact) mass is 285 g/mol. The first-order valence-electron chi connectivity index (χ1n) is 6.82. The van der Waals surface area contributed by atoms with Crippen molar-refractivity contribution in [3.8, 4) is 5.75 Å². The van der Waals surface area contributed by atoms with Crippen LogP contribution in [0.5, 0.6) is 5.75 Å². The molecule has 5 heteroatoms. The Morgan fingerprint density at radius 2 is 2.05 bits per heavy atom. The second kappa shape index (κ2) is 5.83. The lowest BCUT2D eigenvalue weighted by Gasteiger charge is -2.24. The van der Waals surface area contributed by atoms with E-state index in [1.807, 2.05) is 24.3 Å². The molecule has 1 atom stereocenters. The van der Waals surface area contributed by atoms with Gasteiger partial charge in [-0.15, -0.1) is 0 Å². The Bertz CT molecular complexity index is 648. The average molecular weight is 285 g/mol. The average Bonchev–Trinajstić information content (AvgIpc) is 3.06. The molecule has 3 rings (SSSR count). The third-order valence-electron chi connectivity index (χ3n) is 3.49. The molecule has 0 spiro atoms. The Morgan fingerprint density at radius 3 is 2.86 bits per heavy atom. The minimum absolute atomic E-state index is 0.0636. The van der Waals surface area contributed by atoms with E-state index < -0.39 is 0 Å². The summed E-state index contributed by atoms with van der Waals surface area (Å²) < 4.78 is 10.5. The Morgan fingerprint density at radius 1 is 1.19 bits per heavy atom. The molecule has 0 aliphatic carbocycles. The maximum Gasteiger partial charge on any atom is 0.228 e. The van der Waals surface area contributed by atoms with Gasteiger partial charge in [0.1, 0.15) is 5.75 Å². The van der Waals surface area contributed by atoms with Crippen molar-refractivity contribution in [1.82, 2.24) is 5.32 Å². The van der Waals surface area contributed by atoms with Crippen LogP contribution >= 0.6 is 0 Å². The summed E-state index contributed by atoms with van der Waals surface area (Å²) in [6, 6.07) is 10.7. The van der Waals surface area contributed by atoms with Crippen molar-refractivity contribution in [2.75, 3.05) is 13.2 Å². The minimum Gasteiger partial charge on any atom is -0.493 e. The fourth-order valence-electron chi connectivity index (χ4n) is 2.43. The second-order valence-corrected chi connectivity index (χ2v) is 4.85. The maximum atomic E-state index is 12.3. The molecular formula is C16H15NO4. The fraction of sp³-hybridized carbons (Fsp3) is 0.250. The molecule has 108 valence electrons. The van der Waals surface area contributed by atoms with Gasteiger partial charge >= 0.3 is 0 Å². The molecule has 1 amide bonds. The summed E-state index contributed by atoms with van der Waals surface area (Å²) in [5, 5.41) is 2.68. The number of furan rings is 1. The van der Waals surface area contributed by atoms with Crippen LogP contribution in [-0.4, -0.2) is 24.8 Å². The SMILES string of the molecule is O=C(CNC(=O)C1CCOc2ccccc21)c1ccco1. The summed E-state index contributed by atoms with van der Waals surface area (Å²) in [4.78, 5) is 24.1. The summed E-state index contributed by atoms with van der Waals surface area (Å²) in [5.41, 5.74) is 0.867. The summed E-state index contributed by atoms with van der Waals surface area (Å²) in [6.45, 7) is 0.438. The number of ketones is 1. The van der Waals surface area contributed by atoms with E-state index in [0.29, 0.717) is 13.0 Å². The number of nitrogens with one attached hydrogen (secondary N) is 1. The van der Waals surface area contributed by atoms with Gasteiger partial charge in [-0.1, -0.05) is 18.2 Å². The van der Waals surface area contributed by atoms with Gasteiger partial charge in [0, 0.05) is 5.56 Å². The minimum atomic E-state index is -0.278. The molecule has 0 bridgehead atoms. The number of carbonyl (C=O) groups is 2. The fourth-order valence-corrected chi connectivity index (χ4v) is 2.43. The van der Waals surface area contributed by atoms with E-state index >= 15 is 0 Å². The van der Waals surface area contributed by atoms with Crippen LogP contribution in [0.15, 0.2) is 47.1 Å². The first kappa shape index (κ1) is 13.4. The normalized spacial score (nSPS) is 16.7. The molecule has 1 N–H and O–H groups in total. The highest BCUT2D eigenvalue weighted by Crippen LogP contribution is 2.33. The zero-order valence-electron chi connectivity index (χ0n) is 11.4. The molecule has 0 saturated carbocycles. The first-order valence-corrected chi connectivity index (χ1v) is 6.82. The quantitative estimate of drug-likeness (QED) is 0.874. The molecule has 1 aliphatic rings. The first-order chi connectivity index (χ1) is 10.3. The smallest absolute Gasteiger partial charge is 0.228 e. The van der Waals surface area contributed by atoms with E-state index in [-0.39, 0.29) is 29.9 Å². The van der Waals surface area contributed by atoms with E-state index in [1.165, 1.54) is 6.26 Å². The second-order valence-electron chi connectivity index (χ2n) is 4.85. The van der Waals surface area contributed by atoms with Gasteiger partial charge in [-0.05, 0) is 24.6 Å². The largest absolute Gasteiger partial charge is 0.493 e. The van der Waals surface area contributed by atoms with Gasteiger partial charge in [-0.3, -0.25) is 9.59 Å². The van der Waals surface area contributed by atoms with Crippen LogP contribution in [0.25, 0.3) is 0 Å². The number of fused-ring (bicyclic) bond motifs is 1. The van der Waals surface area contributed by atoms with E-state index in [2.05, 4.69) is 5.32 Å². The van der Waals surface area contributed by atoms with Crippen LogP contribution in [-0.2, 0) is 4.79 Å². The third kappa shape index (κ3) is 2.81. The van der Waals surface area contributed by atoms with Gasteiger partial charge in [0.05, 0.1) is 25.3 Å².